The van der Waals surface area contributed by atoms with Crippen molar-refractivity contribution >= 4 is 38.9 Å². The van der Waals surface area contributed by atoms with Crippen molar-refractivity contribution in [2.75, 3.05) is 18.1 Å². The van der Waals surface area contributed by atoms with E-state index in [4.69, 9.17) is 11.0 Å². The number of nitrogens with two attached hydrogens (primary N) is 1. The van der Waals surface area contributed by atoms with Crippen molar-refractivity contribution in [3.8, 4) is 6.07 Å². The number of benzene rings is 2. The molecule has 6 heteroatoms. The van der Waals surface area contributed by atoms with Crippen LogP contribution in [0.4, 0.5) is 17.1 Å². The molecule has 4 N–H and O–H groups in total. The molecule has 21 heavy (non-hydrogen) atoms. The number of carbonyl (C=O) groups is 1. The summed E-state index contributed by atoms with van der Waals surface area (Å²) < 4.78 is 0.828. The highest BCUT2D eigenvalue weighted by molar-refractivity contribution is 9.10. The van der Waals surface area contributed by atoms with Crippen LogP contribution in [0.1, 0.15) is 15.9 Å². The first-order chi connectivity index (χ1) is 10.0. The van der Waals surface area contributed by atoms with Gasteiger partial charge in [-0.2, -0.15) is 5.26 Å². The average molecular weight is 345 g/mol. The summed E-state index contributed by atoms with van der Waals surface area (Å²) in [7, 11) is 1.56. The van der Waals surface area contributed by atoms with E-state index >= 15 is 0 Å². The van der Waals surface area contributed by atoms with Crippen LogP contribution in [0, 0.1) is 11.3 Å². The van der Waals surface area contributed by atoms with E-state index < -0.39 is 0 Å². The maximum absolute atomic E-state index is 11.9. The summed E-state index contributed by atoms with van der Waals surface area (Å²) in [5.41, 5.74) is 8.38. The van der Waals surface area contributed by atoms with Crippen molar-refractivity contribution in [3.05, 3.63) is 52.0 Å². The largest absolute Gasteiger partial charge is 0.399 e. The minimum absolute atomic E-state index is 0.231. The van der Waals surface area contributed by atoms with Crippen molar-refractivity contribution in [1.82, 2.24) is 5.32 Å². The second kappa shape index (κ2) is 6.29. The van der Waals surface area contributed by atoms with Gasteiger partial charge in [-0.3, -0.25) is 4.79 Å². The first-order valence-corrected chi connectivity index (χ1v) is 6.92. The molecule has 0 aliphatic heterocycles. The second-order valence-corrected chi connectivity index (χ2v) is 5.23. The topological polar surface area (TPSA) is 90.9 Å². The van der Waals surface area contributed by atoms with Gasteiger partial charge in [0.1, 0.15) is 6.07 Å². The molecule has 0 aliphatic carbocycles. The normalized spacial score (nSPS) is 9.76. The maximum Gasteiger partial charge on any atom is 0.253 e. The van der Waals surface area contributed by atoms with Gasteiger partial charge < -0.3 is 16.4 Å². The highest BCUT2D eigenvalue weighted by Crippen LogP contribution is 2.28. The lowest BCUT2D eigenvalue weighted by Gasteiger charge is -2.13. The highest BCUT2D eigenvalue weighted by atomic mass is 79.9. The number of rotatable bonds is 3. The van der Waals surface area contributed by atoms with E-state index in [0.29, 0.717) is 28.2 Å². The second-order valence-electron chi connectivity index (χ2n) is 4.31. The van der Waals surface area contributed by atoms with Gasteiger partial charge in [0.15, 0.2) is 0 Å². The van der Waals surface area contributed by atoms with Gasteiger partial charge in [0.25, 0.3) is 5.91 Å². The molecule has 0 fully saturated rings. The summed E-state index contributed by atoms with van der Waals surface area (Å²) in [6.45, 7) is 0. The molecular formula is C15H13BrN4O. The standard InChI is InChI=1S/C15H13BrN4O/c1-19-15(21)12-5-4-11(18)7-14(12)20-13-6-10(16)3-2-9(13)8-17/h2-7,20H,18H2,1H3,(H,19,21). The Labute approximate surface area is 130 Å². The molecule has 5 nitrogen and oxygen atoms in total. The Morgan fingerprint density at radius 2 is 2.00 bits per heavy atom. The third kappa shape index (κ3) is 3.33. The number of hydrogen-bond acceptors (Lipinski definition) is 4. The average Bonchev–Trinajstić information content (AvgIpc) is 2.47. The predicted octanol–water partition coefficient (Wildman–Crippen LogP) is 3.01. The Morgan fingerprint density at radius 1 is 1.24 bits per heavy atom. The molecule has 0 radical (unpaired) electrons. The summed E-state index contributed by atoms with van der Waals surface area (Å²) in [5, 5.41) is 14.8. The molecule has 2 aromatic rings. The Balaban J connectivity index is 2.49. The van der Waals surface area contributed by atoms with Crippen molar-refractivity contribution in [1.29, 1.82) is 5.26 Å². The summed E-state index contributed by atoms with van der Waals surface area (Å²) in [6.07, 6.45) is 0. The van der Waals surface area contributed by atoms with Crippen LogP contribution in [0.15, 0.2) is 40.9 Å². The Kier molecular flexibility index (Phi) is 4.45. The van der Waals surface area contributed by atoms with Gasteiger partial charge in [-0.1, -0.05) is 15.9 Å². The van der Waals surface area contributed by atoms with E-state index in [1.165, 1.54) is 0 Å². The Bertz CT molecular complexity index is 737. The van der Waals surface area contributed by atoms with Crippen LogP contribution in [0.25, 0.3) is 0 Å². The monoisotopic (exact) mass is 344 g/mol. The molecule has 0 aliphatic rings. The molecule has 2 rings (SSSR count). The summed E-state index contributed by atoms with van der Waals surface area (Å²) in [4.78, 5) is 11.9. The molecule has 0 saturated heterocycles. The smallest absolute Gasteiger partial charge is 0.253 e. The van der Waals surface area contributed by atoms with Gasteiger partial charge in [0.2, 0.25) is 0 Å². The zero-order valence-corrected chi connectivity index (χ0v) is 12.9. The van der Waals surface area contributed by atoms with Crippen molar-refractivity contribution < 1.29 is 4.79 Å². The number of nitrogen functional groups attached to an aromatic ring is 1. The number of carbonyl (C=O) groups excluding carboxylic acids is 1. The molecule has 0 spiro atoms. The van der Waals surface area contributed by atoms with Gasteiger partial charge in [-0.15, -0.1) is 0 Å². The fourth-order valence-corrected chi connectivity index (χ4v) is 2.22. The molecule has 2 aromatic carbocycles. The summed E-state index contributed by atoms with van der Waals surface area (Å²) in [6, 6.07) is 12.3. The third-order valence-corrected chi connectivity index (χ3v) is 3.38. The van der Waals surface area contributed by atoms with E-state index in [0.717, 1.165) is 4.47 Å². The molecule has 0 heterocycles. The lowest BCUT2D eigenvalue weighted by molar-refractivity contribution is 0.0964. The van der Waals surface area contributed by atoms with E-state index in [1.54, 1.807) is 43.4 Å². The number of hydrogen-bond donors (Lipinski definition) is 3. The van der Waals surface area contributed by atoms with Gasteiger partial charge in [0.05, 0.1) is 22.5 Å². The third-order valence-electron chi connectivity index (χ3n) is 2.89. The van der Waals surface area contributed by atoms with Gasteiger partial charge >= 0.3 is 0 Å². The number of amides is 1. The zero-order chi connectivity index (χ0) is 15.4. The molecule has 0 saturated carbocycles. The van der Waals surface area contributed by atoms with Crippen LogP contribution >= 0.6 is 15.9 Å². The molecule has 0 aromatic heterocycles. The molecule has 106 valence electrons. The lowest BCUT2D eigenvalue weighted by atomic mass is 10.1. The lowest BCUT2D eigenvalue weighted by Crippen LogP contribution is -2.19. The highest BCUT2D eigenvalue weighted by Gasteiger charge is 2.12. The number of anilines is 3. The molecule has 0 unspecified atom stereocenters. The van der Waals surface area contributed by atoms with Crippen molar-refractivity contribution in [3.63, 3.8) is 0 Å². The predicted molar refractivity (Wildman–Crippen MR) is 86.4 cm³/mol. The SMILES string of the molecule is CNC(=O)c1ccc(N)cc1Nc1cc(Br)ccc1C#N. The molecule has 1 amide bonds. The van der Waals surface area contributed by atoms with Crippen molar-refractivity contribution in [2.24, 2.45) is 0 Å². The van der Waals surface area contributed by atoms with E-state index in [-0.39, 0.29) is 5.91 Å². The van der Waals surface area contributed by atoms with Gasteiger partial charge in [0, 0.05) is 17.2 Å². The van der Waals surface area contributed by atoms with E-state index in [2.05, 4.69) is 32.6 Å². The van der Waals surface area contributed by atoms with Crippen LogP contribution in [0.2, 0.25) is 0 Å². The van der Waals surface area contributed by atoms with E-state index in [1.807, 2.05) is 0 Å². The number of halogens is 1. The number of nitriles is 1. The fraction of sp³-hybridized carbons (Fsp3) is 0.0667. The number of nitrogens with zero attached hydrogens (tertiary/aromatic N) is 1. The van der Waals surface area contributed by atoms with Crippen LogP contribution < -0.4 is 16.4 Å². The molecular weight excluding hydrogens is 332 g/mol. The maximum atomic E-state index is 11.9. The van der Waals surface area contributed by atoms with Crippen LogP contribution in [0.3, 0.4) is 0 Å². The fourth-order valence-electron chi connectivity index (χ4n) is 1.86. The first-order valence-electron chi connectivity index (χ1n) is 6.13. The Morgan fingerprint density at radius 3 is 2.67 bits per heavy atom. The van der Waals surface area contributed by atoms with Crippen LogP contribution in [-0.4, -0.2) is 13.0 Å². The minimum Gasteiger partial charge on any atom is -0.399 e. The summed E-state index contributed by atoms with van der Waals surface area (Å²) >= 11 is 3.36. The van der Waals surface area contributed by atoms with Crippen LogP contribution in [-0.2, 0) is 0 Å². The zero-order valence-electron chi connectivity index (χ0n) is 11.3. The van der Waals surface area contributed by atoms with Gasteiger partial charge in [-0.05, 0) is 36.4 Å². The molecule has 0 bridgehead atoms. The molecule has 0 atom stereocenters. The Hall–Kier alpha value is -2.52. The van der Waals surface area contributed by atoms with Gasteiger partial charge in [-0.25, -0.2) is 0 Å². The minimum atomic E-state index is -0.231. The van der Waals surface area contributed by atoms with E-state index in [9.17, 15) is 4.79 Å². The quantitative estimate of drug-likeness (QED) is 0.746. The number of nitrogens with one attached hydrogen (secondary N) is 2. The first kappa shape index (κ1) is 14.9. The summed E-state index contributed by atoms with van der Waals surface area (Å²) in [5.74, 6) is -0.231. The van der Waals surface area contributed by atoms with Crippen molar-refractivity contribution in [2.45, 2.75) is 0 Å². The van der Waals surface area contributed by atoms with Crippen LogP contribution in [0.5, 0.6) is 0 Å².